The lowest BCUT2D eigenvalue weighted by atomic mass is 9.85. The van der Waals surface area contributed by atoms with E-state index in [1.54, 1.807) is 7.11 Å². The van der Waals surface area contributed by atoms with Crippen LogP contribution >= 0.6 is 15.9 Å². The minimum absolute atomic E-state index is 0.0417. The highest BCUT2D eigenvalue weighted by Gasteiger charge is 2.27. The molecule has 21 heavy (non-hydrogen) atoms. The number of carbonyl (C=O) groups excluding carboxylic acids is 1. The quantitative estimate of drug-likeness (QED) is 0.779. The van der Waals surface area contributed by atoms with Gasteiger partial charge in [-0.1, -0.05) is 41.9 Å². The van der Waals surface area contributed by atoms with Crippen LogP contribution in [0.2, 0.25) is 0 Å². The Morgan fingerprint density at radius 1 is 1.14 bits per heavy atom. The molecule has 0 aromatic heterocycles. The second-order valence-corrected chi connectivity index (χ2v) is 6.79. The summed E-state index contributed by atoms with van der Waals surface area (Å²) < 4.78 is 5.99. The minimum atomic E-state index is -0.220. The van der Waals surface area contributed by atoms with Crippen molar-refractivity contribution in [1.29, 1.82) is 0 Å². The lowest BCUT2D eigenvalue weighted by molar-refractivity contribution is -0.111. The van der Waals surface area contributed by atoms with Crippen molar-refractivity contribution in [3.05, 3.63) is 34.3 Å². The molecule has 1 N–H and O–H groups in total. The minimum Gasteiger partial charge on any atom is -0.379 e. The summed E-state index contributed by atoms with van der Waals surface area (Å²) in [6.07, 6.45) is 2.57. The SMILES string of the molecule is CCC(CC)(NC=O)c1ccc(Br)cc1.COC(C)(C)C. The molecule has 0 spiro atoms. The second kappa shape index (κ2) is 9.21. The molecule has 1 rings (SSSR count). The van der Waals surface area contributed by atoms with Crippen LogP contribution in [0.15, 0.2) is 28.7 Å². The van der Waals surface area contributed by atoms with Crippen molar-refractivity contribution in [1.82, 2.24) is 5.32 Å². The maximum absolute atomic E-state index is 10.7. The lowest BCUT2D eigenvalue weighted by Crippen LogP contribution is -2.40. The molecule has 1 aromatic carbocycles. The Balaban J connectivity index is 0.000000567. The monoisotopic (exact) mass is 357 g/mol. The molecule has 0 aliphatic heterocycles. The van der Waals surface area contributed by atoms with Gasteiger partial charge in [0.1, 0.15) is 0 Å². The van der Waals surface area contributed by atoms with Crippen molar-refractivity contribution in [2.45, 2.75) is 58.6 Å². The molecule has 0 saturated heterocycles. The third-order valence-electron chi connectivity index (χ3n) is 3.55. The zero-order valence-corrected chi connectivity index (χ0v) is 15.6. The average Bonchev–Trinajstić information content (AvgIpc) is 2.46. The van der Waals surface area contributed by atoms with Crippen LogP contribution in [0.25, 0.3) is 0 Å². The summed E-state index contributed by atoms with van der Waals surface area (Å²) in [5, 5.41) is 2.94. The van der Waals surface area contributed by atoms with Crippen molar-refractivity contribution in [3.8, 4) is 0 Å². The second-order valence-electron chi connectivity index (χ2n) is 5.87. The van der Waals surface area contributed by atoms with Gasteiger partial charge in [-0.05, 0) is 51.3 Å². The number of hydrogen-bond donors (Lipinski definition) is 1. The normalized spacial score (nSPS) is 11.4. The standard InChI is InChI=1S/C12H16BrNO.C5H12O/c1-3-12(4-2,14-9-15)10-5-7-11(13)8-6-10;1-5(2,3)6-4/h5-9H,3-4H2,1-2H3,(H,14,15);1-4H3. The molecule has 0 atom stereocenters. The summed E-state index contributed by atoms with van der Waals surface area (Å²) in [7, 11) is 1.71. The lowest BCUT2D eigenvalue weighted by Gasteiger charge is -2.31. The number of amides is 1. The fraction of sp³-hybridized carbons (Fsp3) is 0.588. The molecule has 4 heteroatoms. The number of ether oxygens (including phenoxy) is 1. The van der Waals surface area contributed by atoms with Crippen molar-refractivity contribution >= 4 is 22.3 Å². The van der Waals surface area contributed by atoms with Crippen LogP contribution in [0.1, 0.15) is 53.0 Å². The van der Waals surface area contributed by atoms with Crippen molar-refractivity contribution < 1.29 is 9.53 Å². The van der Waals surface area contributed by atoms with E-state index in [4.69, 9.17) is 4.74 Å². The van der Waals surface area contributed by atoms with Gasteiger partial charge in [0.25, 0.3) is 0 Å². The Hall–Kier alpha value is -0.870. The summed E-state index contributed by atoms with van der Waals surface area (Å²) in [5.41, 5.74) is 0.977. The van der Waals surface area contributed by atoms with E-state index in [1.165, 1.54) is 0 Å². The van der Waals surface area contributed by atoms with Crippen molar-refractivity contribution in [2.75, 3.05) is 7.11 Å². The number of rotatable bonds is 5. The molecular formula is C17H28BrNO2. The predicted octanol–water partition coefficient (Wildman–Crippen LogP) is 4.64. The van der Waals surface area contributed by atoms with E-state index in [0.717, 1.165) is 29.3 Å². The maximum Gasteiger partial charge on any atom is 0.207 e. The molecule has 0 aliphatic carbocycles. The molecule has 0 bridgehead atoms. The van der Waals surface area contributed by atoms with E-state index in [1.807, 2.05) is 45.0 Å². The van der Waals surface area contributed by atoms with Crippen LogP contribution in [-0.4, -0.2) is 19.1 Å². The fourth-order valence-corrected chi connectivity index (χ4v) is 2.09. The van der Waals surface area contributed by atoms with Crippen LogP contribution in [0.5, 0.6) is 0 Å². The smallest absolute Gasteiger partial charge is 0.207 e. The van der Waals surface area contributed by atoms with Gasteiger partial charge in [0.15, 0.2) is 0 Å². The number of halogens is 1. The first-order chi connectivity index (χ1) is 9.74. The highest BCUT2D eigenvalue weighted by Crippen LogP contribution is 2.29. The molecule has 0 radical (unpaired) electrons. The van der Waals surface area contributed by atoms with Gasteiger partial charge in [0, 0.05) is 11.6 Å². The first-order valence-corrected chi connectivity index (χ1v) is 8.06. The van der Waals surface area contributed by atoms with Gasteiger partial charge in [-0.25, -0.2) is 0 Å². The Morgan fingerprint density at radius 3 is 1.86 bits per heavy atom. The van der Waals surface area contributed by atoms with Gasteiger partial charge in [-0.3, -0.25) is 4.79 Å². The Labute approximate surface area is 137 Å². The first-order valence-electron chi connectivity index (χ1n) is 7.27. The predicted molar refractivity (Wildman–Crippen MR) is 92.4 cm³/mol. The molecule has 120 valence electrons. The highest BCUT2D eigenvalue weighted by molar-refractivity contribution is 9.10. The van der Waals surface area contributed by atoms with Crippen LogP contribution in [0.3, 0.4) is 0 Å². The maximum atomic E-state index is 10.7. The molecule has 3 nitrogen and oxygen atoms in total. The molecule has 0 unspecified atom stereocenters. The number of carbonyl (C=O) groups is 1. The Morgan fingerprint density at radius 2 is 1.57 bits per heavy atom. The molecule has 1 amide bonds. The van der Waals surface area contributed by atoms with Gasteiger partial charge < -0.3 is 10.1 Å². The zero-order chi connectivity index (χ0) is 16.5. The first kappa shape index (κ1) is 20.1. The summed E-state index contributed by atoms with van der Waals surface area (Å²) in [6, 6.07) is 8.10. The number of nitrogens with one attached hydrogen (secondary N) is 1. The zero-order valence-electron chi connectivity index (χ0n) is 14.0. The molecule has 0 heterocycles. The molecule has 0 aliphatic rings. The summed E-state index contributed by atoms with van der Waals surface area (Å²) in [4.78, 5) is 10.7. The van der Waals surface area contributed by atoms with Crippen LogP contribution < -0.4 is 5.32 Å². The fourth-order valence-electron chi connectivity index (χ4n) is 1.83. The van der Waals surface area contributed by atoms with E-state index in [2.05, 4.69) is 35.1 Å². The highest BCUT2D eigenvalue weighted by atomic mass is 79.9. The average molecular weight is 358 g/mol. The van der Waals surface area contributed by atoms with Gasteiger partial charge in [0.05, 0.1) is 11.1 Å². The van der Waals surface area contributed by atoms with Gasteiger partial charge >= 0.3 is 0 Å². The summed E-state index contributed by atoms with van der Waals surface area (Å²) in [5.74, 6) is 0. The van der Waals surface area contributed by atoms with Gasteiger partial charge in [0.2, 0.25) is 6.41 Å². The van der Waals surface area contributed by atoms with Crippen LogP contribution in [0, 0.1) is 0 Å². The van der Waals surface area contributed by atoms with Gasteiger partial charge in [-0.15, -0.1) is 0 Å². The topological polar surface area (TPSA) is 38.3 Å². The van der Waals surface area contributed by atoms with E-state index >= 15 is 0 Å². The summed E-state index contributed by atoms with van der Waals surface area (Å²) >= 11 is 3.41. The van der Waals surface area contributed by atoms with Crippen LogP contribution in [0.4, 0.5) is 0 Å². The third kappa shape index (κ3) is 7.09. The van der Waals surface area contributed by atoms with Gasteiger partial charge in [-0.2, -0.15) is 0 Å². The number of benzene rings is 1. The summed E-state index contributed by atoms with van der Waals surface area (Å²) in [6.45, 7) is 10.2. The molecule has 0 fully saturated rings. The van der Waals surface area contributed by atoms with E-state index in [0.29, 0.717) is 0 Å². The van der Waals surface area contributed by atoms with E-state index in [-0.39, 0.29) is 11.1 Å². The van der Waals surface area contributed by atoms with Crippen molar-refractivity contribution in [2.24, 2.45) is 0 Å². The number of methoxy groups -OCH3 is 1. The molecule has 0 saturated carbocycles. The van der Waals surface area contributed by atoms with Crippen LogP contribution in [-0.2, 0) is 15.1 Å². The van der Waals surface area contributed by atoms with E-state index < -0.39 is 0 Å². The third-order valence-corrected chi connectivity index (χ3v) is 4.08. The Kier molecular flexibility index (Phi) is 8.83. The largest absolute Gasteiger partial charge is 0.379 e. The number of hydrogen-bond acceptors (Lipinski definition) is 2. The van der Waals surface area contributed by atoms with Crippen molar-refractivity contribution in [3.63, 3.8) is 0 Å². The molecule has 1 aromatic rings. The molecular weight excluding hydrogens is 330 g/mol. The van der Waals surface area contributed by atoms with E-state index in [9.17, 15) is 4.79 Å². The Bertz CT molecular complexity index is 406.